The van der Waals surface area contributed by atoms with Crippen molar-refractivity contribution in [2.45, 2.75) is 89.8 Å². The standard InChI is InChI=1S/C25H37F3N2O3/c1-24(2,3)33-23(31)16-18-6-10-25(28,11-7-18)12-15-30-13-8-19-4-5-22(32-17-21(26)27)29-20(19)9-14-30/h4-5,18,21H,6-17H2,1-3H3. The summed E-state index contributed by atoms with van der Waals surface area (Å²) in [6.07, 6.45) is 2.22. The molecule has 2 heterocycles. The Kier molecular flexibility index (Phi) is 8.65. The van der Waals surface area contributed by atoms with E-state index in [9.17, 15) is 13.6 Å². The summed E-state index contributed by atoms with van der Waals surface area (Å²) in [5.41, 5.74) is 0.303. The smallest absolute Gasteiger partial charge is 0.306 e. The van der Waals surface area contributed by atoms with Gasteiger partial charge in [-0.1, -0.05) is 6.07 Å². The maximum absolute atomic E-state index is 15.4. The van der Waals surface area contributed by atoms with Gasteiger partial charge in [0, 0.05) is 44.2 Å². The molecule has 1 aliphatic carbocycles. The van der Waals surface area contributed by atoms with Crippen LogP contribution < -0.4 is 4.74 Å². The number of nitrogens with zero attached hydrogens (tertiary/aromatic N) is 2. The molecular weight excluding hydrogens is 433 g/mol. The van der Waals surface area contributed by atoms with Crippen LogP contribution >= 0.6 is 0 Å². The van der Waals surface area contributed by atoms with Crippen molar-refractivity contribution >= 4 is 5.97 Å². The minimum Gasteiger partial charge on any atom is -0.472 e. The number of hydrogen-bond acceptors (Lipinski definition) is 5. The second-order valence-corrected chi connectivity index (χ2v) is 10.4. The predicted octanol–water partition coefficient (Wildman–Crippen LogP) is 5.15. The number of alkyl halides is 3. The fourth-order valence-electron chi connectivity index (χ4n) is 4.69. The minimum atomic E-state index is -2.53. The summed E-state index contributed by atoms with van der Waals surface area (Å²) in [7, 11) is 0. The Bertz CT molecular complexity index is 790. The minimum absolute atomic E-state index is 0.195. The molecule has 33 heavy (non-hydrogen) atoms. The van der Waals surface area contributed by atoms with Crippen LogP contribution in [0.1, 0.15) is 70.6 Å². The quantitative estimate of drug-likeness (QED) is 0.492. The van der Waals surface area contributed by atoms with Gasteiger partial charge in [-0.25, -0.2) is 18.2 Å². The Balaban J connectivity index is 1.42. The fourth-order valence-corrected chi connectivity index (χ4v) is 4.69. The Morgan fingerprint density at radius 3 is 2.58 bits per heavy atom. The van der Waals surface area contributed by atoms with Gasteiger partial charge in [-0.05, 0) is 70.8 Å². The molecule has 1 aliphatic heterocycles. The van der Waals surface area contributed by atoms with Crippen molar-refractivity contribution in [3.05, 3.63) is 23.4 Å². The lowest BCUT2D eigenvalue weighted by Gasteiger charge is -2.35. The number of pyridine rings is 1. The van der Waals surface area contributed by atoms with Crippen molar-refractivity contribution < 1.29 is 27.4 Å². The molecule has 5 nitrogen and oxygen atoms in total. The predicted molar refractivity (Wildman–Crippen MR) is 120 cm³/mol. The zero-order valence-electron chi connectivity index (χ0n) is 20.0. The van der Waals surface area contributed by atoms with Crippen LogP contribution in [0, 0.1) is 5.92 Å². The highest BCUT2D eigenvalue weighted by atomic mass is 19.3. The van der Waals surface area contributed by atoms with E-state index < -0.39 is 24.3 Å². The van der Waals surface area contributed by atoms with Crippen LogP contribution in [0.15, 0.2) is 12.1 Å². The highest BCUT2D eigenvalue weighted by molar-refractivity contribution is 5.70. The van der Waals surface area contributed by atoms with E-state index in [1.54, 1.807) is 6.07 Å². The number of rotatable bonds is 8. The molecule has 1 aromatic rings. The molecule has 0 N–H and O–H groups in total. The summed E-state index contributed by atoms with van der Waals surface area (Å²) in [6.45, 7) is 7.17. The third-order valence-corrected chi connectivity index (χ3v) is 6.52. The number of fused-ring (bicyclic) bond motifs is 1. The van der Waals surface area contributed by atoms with Gasteiger partial charge < -0.3 is 14.4 Å². The summed E-state index contributed by atoms with van der Waals surface area (Å²) in [5, 5.41) is 0. The third-order valence-electron chi connectivity index (χ3n) is 6.52. The van der Waals surface area contributed by atoms with Crippen molar-refractivity contribution in [2.75, 3.05) is 26.2 Å². The van der Waals surface area contributed by atoms with Gasteiger partial charge in [0.15, 0.2) is 6.61 Å². The molecule has 0 atom stereocenters. The van der Waals surface area contributed by atoms with E-state index in [0.29, 0.717) is 51.5 Å². The Morgan fingerprint density at radius 2 is 1.91 bits per heavy atom. The number of carbonyl (C=O) groups excluding carboxylic acids is 1. The second kappa shape index (κ2) is 11.1. The molecule has 2 aliphatic rings. The van der Waals surface area contributed by atoms with Gasteiger partial charge in [-0.3, -0.25) is 4.79 Å². The summed E-state index contributed by atoms with van der Waals surface area (Å²) in [6, 6.07) is 3.54. The largest absolute Gasteiger partial charge is 0.472 e. The average Bonchev–Trinajstić information content (AvgIpc) is 2.93. The first-order chi connectivity index (χ1) is 15.5. The van der Waals surface area contributed by atoms with Crippen LogP contribution in [-0.2, 0) is 22.4 Å². The highest BCUT2D eigenvalue weighted by Crippen LogP contribution is 2.39. The Labute approximate surface area is 195 Å². The lowest BCUT2D eigenvalue weighted by Crippen LogP contribution is -2.36. The third kappa shape index (κ3) is 8.47. The lowest BCUT2D eigenvalue weighted by molar-refractivity contribution is -0.156. The Hall–Kier alpha value is -1.83. The molecule has 0 aromatic carbocycles. The maximum atomic E-state index is 15.4. The van der Waals surface area contributed by atoms with Crippen molar-refractivity contribution in [1.29, 1.82) is 0 Å². The van der Waals surface area contributed by atoms with Crippen LogP contribution in [0.3, 0.4) is 0 Å². The number of carbonyl (C=O) groups is 1. The first-order valence-electron chi connectivity index (χ1n) is 12.0. The molecule has 8 heteroatoms. The van der Waals surface area contributed by atoms with Crippen molar-refractivity contribution in [3.63, 3.8) is 0 Å². The van der Waals surface area contributed by atoms with E-state index in [1.165, 1.54) is 0 Å². The second-order valence-electron chi connectivity index (χ2n) is 10.4. The molecular formula is C25H37F3N2O3. The summed E-state index contributed by atoms with van der Waals surface area (Å²) < 4.78 is 50.6. The molecule has 0 bridgehead atoms. The molecule has 1 aromatic heterocycles. The van der Waals surface area contributed by atoms with Gasteiger partial charge in [0.2, 0.25) is 5.88 Å². The van der Waals surface area contributed by atoms with Crippen LogP contribution in [0.25, 0.3) is 0 Å². The summed E-state index contributed by atoms with van der Waals surface area (Å²) >= 11 is 0. The molecule has 0 amide bonds. The number of aromatic nitrogens is 1. The average molecular weight is 471 g/mol. The molecule has 0 radical (unpaired) electrons. The van der Waals surface area contributed by atoms with Gasteiger partial charge in [0.05, 0.1) is 0 Å². The molecule has 3 rings (SSSR count). The van der Waals surface area contributed by atoms with E-state index in [4.69, 9.17) is 9.47 Å². The van der Waals surface area contributed by atoms with Gasteiger partial charge in [-0.15, -0.1) is 0 Å². The topological polar surface area (TPSA) is 51.7 Å². The van der Waals surface area contributed by atoms with Gasteiger partial charge >= 0.3 is 5.97 Å². The number of ether oxygens (including phenoxy) is 2. The molecule has 0 unspecified atom stereocenters. The van der Waals surface area contributed by atoms with E-state index in [0.717, 1.165) is 30.8 Å². The maximum Gasteiger partial charge on any atom is 0.306 e. The van der Waals surface area contributed by atoms with E-state index >= 15 is 4.39 Å². The van der Waals surface area contributed by atoms with E-state index in [1.807, 2.05) is 26.8 Å². The first kappa shape index (κ1) is 25.8. The lowest BCUT2D eigenvalue weighted by atomic mass is 9.77. The highest BCUT2D eigenvalue weighted by Gasteiger charge is 2.36. The van der Waals surface area contributed by atoms with Crippen LogP contribution in [-0.4, -0.2) is 59.8 Å². The number of halogens is 3. The monoisotopic (exact) mass is 470 g/mol. The molecule has 1 saturated carbocycles. The van der Waals surface area contributed by atoms with Crippen molar-refractivity contribution in [2.24, 2.45) is 5.92 Å². The van der Waals surface area contributed by atoms with Gasteiger partial charge in [0.25, 0.3) is 6.43 Å². The normalized spacial score (nSPS) is 24.3. The van der Waals surface area contributed by atoms with E-state index in [2.05, 4.69) is 9.88 Å². The van der Waals surface area contributed by atoms with Crippen molar-refractivity contribution in [1.82, 2.24) is 9.88 Å². The van der Waals surface area contributed by atoms with E-state index in [-0.39, 0.29) is 17.8 Å². The first-order valence-corrected chi connectivity index (χ1v) is 12.0. The zero-order chi connectivity index (χ0) is 24.1. The number of hydrogen-bond donors (Lipinski definition) is 0. The van der Waals surface area contributed by atoms with Crippen LogP contribution in [0.2, 0.25) is 0 Å². The SMILES string of the molecule is CC(C)(C)OC(=O)CC1CCC(F)(CCN2CCc3ccc(OCC(F)F)nc3CC2)CC1. The molecule has 0 spiro atoms. The molecule has 0 saturated heterocycles. The molecule has 1 fully saturated rings. The number of esters is 1. The van der Waals surface area contributed by atoms with Crippen LogP contribution in [0.5, 0.6) is 5.88 Å². The Morgan fingerprint density at radius 1 is 1.21 bits per heavy atom. The van der Waals surface area contributed by atoms with Crippen LogP contribution in [0.4, 0.5) is 13.2 Å². The van der Waals surface area contributed by atoms with Gasteiger partial charge in [0.1, 0.15) is 11.3 Å². The fraction of sp³-hybridized carbons (Fsp3) is 0.760. The zero-order valence-corrected chi connectivity index (χ0v) is 20.0. The molecule has 186 valence electrons. The summed E-state index contributed by atoms with van der Waals surface area (Å²) in [5.74, 6) is 0.233. The summed E-state index contributed by atoms with van der Waals surface area (Å²) in [4.78, 5) is 18.7. The van der Waals surface area contributed by atoms with Crippen molar-refractivity contribution in [3.8, 4) is 5.88 Å². The van der Waals surface area contributed by atoms with Gasteiger partial charge in [-0.2, -0.15) is 0 Å².